The molecule has 0 amide bonds. The topological polar surface area (TPSA) is 26.3 Å². The summed E-state index contributed by atoms with van der Waals surface area (Å²) in [5.41, 5.74) is 1.76. The number of thiophene rings is 1. The first kappa shape index (κ1) is 13.8. The Bertz CT molecular complexity index is 578. The van der Waals surface area contributed by atoms with Gasteiger partial charge in [-0.25, -0.2) is 0 Å². The minimum atomic E-state index is -0.0367. The van der Waals surface area contributed by atoms with Crippen LogP contribution in [0.1, 0.15) is 15.9 Å². The first-order valence-corrected chi connectivity index (χ1v) is 7.64. The summed E-state index contributed by atoms with van der Waals surface area (Å²) in [4.78, 5) is 12.0. The van der Waals surface area contributed by atoms with E-state index in [0.29, 0.717) is 11.3 Å². The zero-order valence-corrected chi connectivity index (χ0v) is 13.6. The highest BCUT2D eigenvalue weighted by Gasteiger charge is 2.14. The molecule has 2 aromatic rings. The molecule has 5 heteroatoms. The Morgan fingerprint density at radius 2 is 2.11 bits per heavy atom. The van der Waals surface area contributed by atoms with Crippen LogP contribution < -0.4 is 4.74 Å². The molecule has 0 radical (unpaired) electrons. The van der Waals surface area contributed by atoms with Gasteiger partial charge in [-0.1, -0.05) is 12.1 Å². The lowest BCUT2D eigenvalue weighted by Crippen LogP contribution is -2.11. The second-order valence-electron chi connectivity index (χ2n) is 3.77. The van der Waals surface area contributed by atoms with E-state index >= 15 is 0 Å². The molecule has 1 heterocycles. The van der Waals surface area contributed by atoms with Crippen LogP contribution in [0.15, 0.2) is 37.9 Å². The average Bonchev–Trinajstić information content (AvgIpc) is 2.66. The summed E-state index contributed by atoms with van der Waals surface area (Å²) in [6.07, 6.45) is 0. The molecule has 0 aliphatic rings. The summed E-state index contributed by atoms with van der Waals surface area (Å²) in [6, 6.07) is 9.45. The van der Waals surface area contributed by atoms with Crippen molar-refractivity contribution in [1.29, 1.82) is 0 Å². The first-order valence-electron chi connectivity index (χ1n) is 5.24. The lowest BCUT2D eigenvalue weighted by Gasteiger charge is -2.05. The third-order valence-corrected chi connectivity index (χ3v) is 4.66. The molecule has 0 bridgehead atoms. The standard InChI is InChI=1S/C13H10Br2O2S/c1-8-3-2-4-9(5-8)17-7-11(16)10-6-12(14)18-13(10)15/h2-6H,7H2,1H3. The molecule has 1 aromatic heterocycles. The van der Waals surface area contributed by atoms with E-state index in [1.807, 2.05) is 31.2 Å². The first-order chi connectivity index (χ1) is 8.56. The van der Waals surface area contributed by atoms with Crippen molar-refractivity contribution in [3.63, 3.8) is 0 Å². The van der Waals surface area contributed by atoms with E-state index in [9.17, 15) is 4.79 Å². The number of benzene rings is 1. The fraction of sp³-hybridized carbons (Fsp3) is 0.154. The van der Waals surface area contributed by atoms with Gasteiger partial charge < -0.3 is 4.74 Å². The highest BCUT2D eigenvalue weighted by molar-refractivity contribution is 9.12. The lowest BCUT2D eigenvalue weighted by molar-refractivity contribution is 0.0921. The third kappa shape index (κ3) is 3.43. The maximum absolute atomic E-state index is 12.0. The van der Waals surface area contributed by atoms with Crippen LogP contribution in [0.4, 0.5) is 0 Å². The van der Waals surface area contributed by atoms with Crippen molar-refractivity contribution in [2.75, 3.05) is 6.61 Å². The molecule has 0 saturated carbocycles. The van der Waals surface area contributed by atoms with Gasteiger partial charge in [0, 0.05) is 5.56 Å². The van der Waals surface area contributed by atoms with Gasteiger partial charge in [-0.3, -0.25) is 4.79 Å². The summed E-state index contributed by atoms with van der Waals surface area (Å²) in [5, 5.41) is 0. The maximum Gasteiger partial charge on any atom is 0.202 e. The Balaban J connectivity index is 2.03. The van der Waals surface area contributed by atoms with Gasteiger partial charge in [0.1, 0.15) is 5.75 Å². The molecule has 0 atom stereocenters. The molecule has 2 nitrogen and oxygen atoms in total. The zero-order chi connectivity index (χ0) is 13.1. The summed E-state index contributed by atoms with van der Waals surface area (Å²) in [5.74, 6) is 0.680. The quantitative estimate of drug-likeness (QED) is 0.699. The second kappa shape index (κ2) is 5.99. The van der Waals surface area contributed by atoms with Crippen molar-refractivity contribution in [2.24, 2.45) is 0 Å². The number of ketones is 1. The molecular formula is C13H10Br2O2S. The molecule has 0 saturated heterocycles. The molecular weight excluding hydrogens is 380 g/mol. The predicted octanol–water partition coefficient (Wildman–Crippen LogP) is 4.84. The predicted molar refractivity (Wildman–Crippen MR) is 80.7 cm³/mol. The van der Waals surface area contributed by atoms with Crippen LogP contribution in [0, 0.1) is 6.92 Å². The Morgan fingerprint density at radius 1 is 1.33 bits per heavy atom. The number of ether oxygens (including phenoxy) is 1. The van der Waals surface area contributed by atoms with Crippen LogP contribution in [0.5, 0.6) is 5.75 Å². The van der Waals surface area contributed by atoms with Crippen LogP contribution in [0.3, 0.4) is 0 Å². The number of hydrogen-bond donors (Lipinski definition) is 0. The highest BCUT2D eigenvalue weighted by atomic mass is 79.9. The van der Waals surface area contributed by atoms with Crippen molar-refractivity contribution in [2.45, 2.75) is 6.92 Å². The smallest absolute Gasteiger partial charge is 0.202 e. The van der Waals surface area contributed by atoms with E-state index in [1.54, 1.807) is 6.07 Å². The summed E-state index contributed by atoms with van der Waals surface area (Å²) in [7, 11) is 0. The van der Waals surface area contributed by atoms with Crippen molar-refractivity contribution < 1.29 is 9.53 Å². The summed E-state index contributed by atoms with van der Waals surface area (Å²) >= 11 is 8.20. The van der Waals surface area contributed by atoms with Crippen molar-refractivity contribution in [1.82, 2.24) is 0 Å². The fourth-order valence-electron chi connectivity index (χ4n) is 1.46. The number of rotatable bonds is 4. The molecule has 0 unspecified atom stereocenters. The molecule has 1 aromatic carbocycles. The van der Waals surface area contributed by atoms with Crippen molar-refractivity contribution in [3.8, 4) is 5.75 Å². The van der Waals surface area contributed by atoms with Gasteiger partial charge in [0.25, 0.3) is 0 Å². The van der Waals surface area contributed by atoms with Gasteiger partial charge in [0.15, 0.2) is 6.61 Å². The molecule has 18 heavy (non-hydrogen) atoms. The van der Waals surface area contributed by atoms with Crippen LogP contribution in [-0.2, 0) is 0 Å². The number of Topliss-reactive ketones (excluding diaryl/α,β-unsaturated/α-hetero) is 1. The number of aryl methyl sites for hydroxylation is 1. The Morgan fingerprint density at radius 3 is 2.72 bits per heavy atom. The molecule has 94 valence electrons. The largest absolute Gasteiger partial charge is 0.485 e. The molecule has 0 aliphatic heterocycles. The van der Waals surface area contributed by atoms with Gasteiger partial charge in [0.2, 0.25) is 5.78 Å². The monoisotopic (exact) mass is 388 g/mol. The lowest BCUT2D eigenvalue weighted by atomic mass is 10.2. The van der Waals surface area contributed by atoms with E-state index < -0.39 is 0 Å². The molecule has 0 aliphatic carbocycles. The highest BCUT2D eigenvalue weighted by Crippen LogP contribution is 2.32. The molecule has 0 spiro atoms. The van der Waals surface area contributed by atoms with E-state index in [-0.39, 0.29) is 12.4 Å². The van der Waals surface area contributed by atoms with Gasteiger partial charge in [-0.2, -0.15) is 0 Å². The Kier molecular flexibility index (Phi) is 4.59. The minimum absolute atomic E-state index is 0.0367. The van der Waals surface area contributed by atoms with Gasteiger partial charge >= 0.3 is 0 Å². The average molecular weight is 390 g/mol. The van der Waals surface area contributed by atoms with Crippen LogP contribution >= 0.6 is 43.2 Å². The molecule has 0 N–H and O–H groups in total. The van der Waals surface area contributed by atoms with E-state index in [1.165, 1.54) is 11.3 Å². The van der Waals surface area contributed by atoms with E-state index in [2.05, 4.69) is 31.9 Å². The molecule has 0 fully saturated rings. The van der Waals surface area contributed by atoms with Crippen LogP contribution in [-0.4, -0.2) is 12.4 Å². The Hall–Kier alpha value is -0.650. The zero-order valence-electron chi connectivity index (χ0n) is 9.57. The summed E-state index contributed by atoms with van der Waals surface area (Å²) < 4.78 is 7.24. The van der Waals surface area contributed by atoms with Crippen molar-refractivity contribution >= 4 is 49.0 Å². The van der Waals surface area contributed by atoms with Crippen molar-refractivity contribution in [3.05, 3.63) is 49.0 Å². The Labute approximate surface area is 126 Å². The molecule has 2 rings (SSSR count). The summed E-state index contributed by atoms with van der Waals surface area (Å²) in [6.45, 7) is 2.03. The van der Waals surface area contributed by atoms with E-state index in [4.69, 9.17) is 4.74 Å². The third-order valence-electron chi connectivity index (χ3n) is 2.32. The fourth-order valence-corrected chi connectivity index (χ4v) is 4.32. The normalized spacial score (nSPS) is 10.4. The van der Waals surface area contributed by atoms with Crippen LogP contribution in [0.25, 0.3) is 0 Å². The number of halogens is 2. The maximum atomic E-state index is 12.0. The number of hydrogen-bond acceptors (Lipinski definition) is 3. The van der Waals surface area contributed by atoms with Crippen LogP contribution in [0.2, 0.25) is 0 Å². The second-order valence-corrected chi connectivity index (χ2v) is 7.52. The van der Waals surface area contributed by atoms with E-state index in [0.717, 1.165) is 13.1 Å². The van der Waals surface area contributed by atoms with Gasteiger partial charge in [0.05, 0.1) is 7.57 Å². The number of carbonyl (C=O) groups is 1. The number of carbonyl (C=O) groups excluding carboxylic acids is 1. The van der Waals surface area contributed by atoms with Gasteiger partial charge in [-0.05, 0) is 62.5 Å². The minimum Gasteiger partial charge on any atom is -0.485 e. The SMILES string of the molecule is Cc1cccc(OCC(=O)c2cc(Br)sc2Br)c1. The van der Waals surface area contributed by atoms with Gasteiger partial charge in [-0.15, -0.1) is 11.3 Å².